The van der Waals surface area contributed by atoms with Crippen molar-refractivity contribution in [2.75, 3.05) is 0 Å². The van der Waals surface area contributed by atoms with Crippen molar-refractivity contribution in [2.45, 2.75) is 110 Å². The molecule has 0 amide bonds. The molecule has 0 aromatic heterocycles. The Morgan fingerprint density at radius 1 is 0.846 bits per heavy atom. The molecule has 0 fully saturated rings. The van der Waals surface area contributed by atoms with Gasteiger partial charge >= 0.3 is 5.97 Å². The summed E-state index contributed by atoms with van der Waals surface area (Å²) >= 11 is 0. The molecular weight excluding hydrogens is 320 g/mol. The van der Waals surface area contributed by atoms with Crippen LogP contribution in [0.1, 0.15) is 113 Å². The zero-order valence-corrected chi connectivity index (χ0v) is 17.4. The van der Waals surface area contributed by atoms with Gasteiger partial charge in [0.05, 0.1) is 5.92 Å². The third-order valence-corrected chi connectivity index (χ3v) is 5.45. The van der Waals surface area contributed by atoms with Gasteiger partial charge < -0.3 is 5.11 Å². The average Bonchev–Trinajstić information content (AvgIpc) is 2.60. The molecule has 2 nitrogen and oxygen atoms in total. The normalized spacial score (nSPS) is 12.3. The fraction of sp³-hybridized carbons (Fsp3) is 0.708. The number of carboxylic acids is 1. The first kappa shape index (κ1) is 22.7. The van der Waals surface area contributed by atoms with Crippen LogP contribution in [0.25, 0.3) is 0 Å². The molecule has 1 atom stereocenters. The number of benzene rings is 1. The quantitative estimate of drug-likeness (QED) is 0.328. The van der Waals surface area contributed by atoms with Crippen LogP contribution in [0.15, 0.2) is 18.2 Å². The first-order valence-corrected chi connectivity index (χ1v) is 10.9. The number of aliphatic carboxylic acids is 1. The summed E-state index contributed by atoms with van der Waals surface area (Å²) < 4.78 is 0. The second-order valence-corrected chi connectivity index (χ2v) is 7.93. The number of rotatable bonds is 15. The van der Waals surface area contributed by atoms with Gasteiger partial charge in [-0.25, -0.2) is 0 Å². The summed E-state index contributed by atoms with van der Waals surface area (Å²) in [5.41, 5.74) is 3.29. The summed E-state index contributed by atoms with van der Waals surface area (Å²) in [5.74, 6) is -1.03. The molecule has 0 radical (unpaired) electrons. The van der Waals surface area contributed by atoms with Crippen LogP contribution in [0.4, 0.5) is 0 Å². The Balaban J connectivity index is 2.14. The second-order valence-electron chi connectivity index (χ2n) is 7.93. The molecule has 0 spiro atoms. The standard InChI is InChI=1S/C24H40O2/c1-4-5-6-7-8-9-10-11-12-13-14-15-16-23(24(25)26)22-18-17-20(2)19-21(22)3/h17-19,23H,4-16H2,1-3H3,(H,25,26). The smallest absolute Gasteiger partial charge is 0.310 e. The van der Waals surface area contributed by atoms with E-state index in [2.05, 4.69) is 19.9 Å². The molecule has 1 unspecified atom stereocenters. The maximum Gasteiger partial charge on any atom is 0.310 e. The van der Waals surface area contributed by atoms with Crippen molar-refractivity contribution in [3.05, 3.63) is 34.9 Å². The van der Waals surface area contributed by atoms with Gasteiger partial charge in [-0.05, 0) is 31.4 Å². The molecular formula is C24H40O2. The highest BCUT2D eigenvalue weighted by atomic mass is 16.4. The lowest BCUT2D eigenvalue weighted by Crippen LogP contribution is -2.13. The number of aryl methyl sites for hydroxylation is 2. The van der Waals surface area contributed by atoms with E-state index in [0.29, 0.717) is 0 Å². The Morgan fingerprint density at radius 2 is 1.35 bits per heavy atom. The van der Waals surface area contributed by atoms with Crippen LogP contribution >= 0.6 is 0 Å². The van der Waals surface area contributed by atoms with E-state index in [1.807, 2.05) is 19.1 Å². The van der Waals surface area contributed by atoms with Crippen molar-refractivity contribution in [3.8, 4) is 0 Å². The summed E-state index contributed by atoms with van der Waals surface area (Å²) in [6.07, 6.45) is 16.5. The Hall–Kier alpha value is -1.31. The zero-order chi connectivity index (χ0) is 19.2. The van der Waals surface area contributed by atoms with E-state index >= 15 is 0 Å². The van der Waals surface area contributed by atoms with Crippen molar-refractivity contribution in [2.24, 2.45) is 0 Å². The van der Waals surface area contributed by atoms with Gasteiger partial charge in [0.1, 0.15) is 0 Å². The van der Waals surface area contributed by atoms with Gasteiger partial charge in [-0.1, -0.05) is 108 Å². The van der Waals surface area contributed by atoms with Crippen LogP contribution in [0.3, 0.4) is 0 Å². The van der Waals surface area contributed by atoms with E-state index in [1.54, 1.807) is 0 Å². The first-order valence-electron chi connectivity index (χ1n) is 10.9. The molecule has 0 bridgehead atoms. The van der Waals surface area contributed by atoms with Crippen LogP contribution in [-0.4, -0.2) is 11.1 Å². The van der Waals surface area contributed by atoms with Crippen molar-refractivity contribution in [1.29, 1.82) is 0 Å². The Bertz CT molecular complexity index is 507. The van der Waals surface area contributed by atoms with Crippen molar-refractivity contribution in [1.82, 2.24) is 0 Å². The fourth-order valence-corrected chi connectivity index (χ4v) is 3.82. The van der Waals surface area contributed by atoms with E-state index in [9.17, 15) is 9.90 Å². The molecule has 1 aromatic carbocycles. The summed E-state index contributed by atoms with van der Waals surface area (Å²) in [5, 5.41) is 9.60. The van der Waals surface area contributed by atoms with E-state index in [-0.39, 0.29) is 5.92 Å². The Morgan fingerprint density at radius 3 is 1.81 bits per heavy atom. The predicted molar refractivity (Wildman–Crippen MR) is 112 cm³/mol. The highest BCUT2D eigenvalue weighted by molar-refractivity contribution is 5.76. The third kappa shape index (κ3) is 9.40. The SMILES string of the molecule is CCCCCCCCCCCCCCC(C(=O)O)c1ccc(C)cc1C. The highest BCUT2D eigenvalue weighted by Crippen LogP contribution is 2.27. The lowest BCUT2D eigenvalue weighted by molar-refractivity contribution is -0.139. The van der Waals surface area contributed by atoms with Crippen LogP contribution in [0, 0.1) is 13.8 Å². The molecule has 0 saturated carbocycles. The van der Waals surface area contributed by atoms with E-state index in [1.165, 1.54) is 69.8 Å². The number of hydrogen-bond donors (Lipinski definition) is 1. The molecule has 0 aliphatic heterocycles. The lowest BCUT2D eigenvalue weighted by Gasteiger charge is -2.16. The molecule has 148 valence electrons. The molecule has 2 heteroatoms. The monoisotopic (exact) mass is 360 g/mol. The fourth-order valence-electron chi connectivity index (χ4n) is 3.82. The number of carbonyl (C=O) groups is 1. The maximum atomic E-state index is 11.7. The maximum absolute atomic E-state index is 11.7. The minimum absolute atomic E-state index is 0.348. The highest BCUT2D eigenvalue weighted by Gasteiger charge is 2.20. The number of carboxylic acid groups (broad SMARTS) is 1. The molecule has 1 aromatic rings. The molecule has 0 aliphatic carbocycles. The molecule has 0 aliphatic rings. The van der Waals surface area contributed by atoms with E-state index < -0.39 is 5.97 Å². The molecule has 0 heterocycles. The van der Waals surface area contributed by atoms with Crippen LogP contribution in [-0.2, 0) is 4.79 Å². The van der Waals surface area contributed by atoms with E-state index in [0.717, 1.165) is 30.4 Å². The second kappa shape index (κ2) is 13.8. The van der Waals surface area contributed by atoms with Gasteiger partial charge in [0.15, 0.2) is 0 Å². The number of unbranched alkanes of at least 4 members (excludes halogenated alkanes) is 11. The van der Waals surface area contributed by atoms with Gasteiger partial charge in [0, 0.05) is 0 Å². The summed E-state index contributed by atoms with van der Waals surface area (Å²) in [4.78, 5) is 11.7. The lowest BCUT2D eigenvalue weighted by atomic mass is 9.89. The molecule has 1 rings (SSSR count). The molecule has 26 heavy (non-hydrogen) atoms. The largest absolute Gasteiger partial charge is 0.481 e. The summed E-state index contributed by atoms with van der Waals surface area (Å²) in [6, 6.07) is 6.12. The predicted octanol–water partition coefficient (Wildman–Crippen LogP) is 7.56. The van der Waals surface area contributed by atoms with Gasteiger partial charge in [0.25, 0.3) is 0 Å². The van der Waals surface area contributed by atoms with Gasteiger partial charge in [-0.15, -0.1) is 0 Å². The van der Waals surface area contributed by atoms with Crippen LogP contribution < -0.4 is 0 Å². The topological polar surface area (TPSA) is 37.3 Å². The molecule has 1 N–H and O–H groups in total. The minimum Gasteiger partial charge on any atom is -0.481 e. The third-order valence-electron chi connectivity index (χ3n) is 5.45. The first-order chi connectivity index (χ1) is 12.6. The van der Waals surface area contributed by atoms with Crippen LogP contribution in [0.2, 0.25) is 0 Å². The van der Waals surface area contributed by atoms with Gasteiger partial charge in [0.2, 0.25) is 0 Å². The van der Waals surface area contributed by atoms with E-state index in [4.69, 9.17) is 0 Å². The zero-order valence-electron chi connectivity index (χ0n) is 17.4. The molecule has 0 saturated heterocycles. The summed E-state index contributed by atoms with van der Waals surface area (Å²) in [6.45, 7) is 6.35. The summed E-state index contributed by atoms with van der Waals surface area (Å²) in [7, 11) is 0. The van der Waals surface area contributed by atoms with Crippen molar-refractivity contribution in [3.63, 3.8) is 0 Å². The van der Waals surface area contributed by atoms with Gasteiger partial charge in [-0.2, -0.15) is 0 Å². The van der Waals surface area contributed by atoms with Gasteiger partial charge in [-0.3, -0.25) is 4.79 Å². The van der Waals surface area contributed by atoms with Crippen molar-refractivity contribution >= 4 is 5.97 Å². The van der Waals surface area contributed by atoms with Crippen LogP contribution in [0.5, 0.6) is 0 Å². The average molecular weight is 361 g/mol. The minimum atomic E-state index is -0.681. The Kier molecular flexibility index (Phi) is 12.1. The Labute approximate surface area is 161 Å². The van der Waals surface area contributed by atoms with Crippen molar-refractivity contribution < 1.29 is 9.90 Å². The number of hydrogen-bond acceptors (Lipinski definition) is 1.